The molecule has 25 heavy (non-hydrogen) atoms. The quantitative estimate of drug-likeness (QED) is 0.700. The summed E-state index contributed by atoms with van der Waals surface area (Å²) in [6.45, 7) is 4.57. The van der Waals surface area contributed by atoms with Crippen molar-refractivity contribution in [2.45, 2.75) is 20.3 Å². The normalized spacial score (nSPS) is 10.5. The largest absolute Gasteiger partial charge is 0.494 e. The van der Waals surface area contributed by atoms with Gasteiger partial charge in [0.25, 0.3) is 0 Å². The Morgan fingerprint density at radius 1 is 1.12 bits per heavy atom. The van der Waals surface area contributed by atoms with Crippen LogP contribution < -0.4 is 10.1 Å². The maximum absolute atomic E-state index is 12.2. The topological polar surface area (TPSA) is 51.2 Å². The van der Waals surface area contributed by atoms with Gasteiger partial charge in [0.15, 0.2) is 0 Å². The third-order valence-corrected chi connectivity index (χ3v) is 4.46. The van der Waals surface area contributed by atoms with Gasteiger partial charge in [-0.1, -0.05) is 24.3 Å². The average Bonchev–Trinajstić information content (AvgIpc) is 3.04. The lowest BCUT2D eigenvalue weighted by Crippen LogP contribution is -2.14. The molecule has 2 aromatic carbocycles. The molecule has 3 rings (SSSR count). The Hall–Kier alpha value is -2.66. The van der Waals surface area contributed by atoms with Gasteiger partial charge in [0, 0.05) is 16.6 Å². The van der Waals surface area contributed by atoms with Gasteiger partial charge in [0.05, 0.1) is 23.7 Å². The van der Waals surface area contributed by atoms with Gasteiger partial charge >= 0.3 is 0 Å². The SMILES string of the molecule is CCOc1ccc(CC(=O)Nc2ccc(-c3csc(C)n3)cc2)cc1. The van der Waals surface area contributed by atoms with E-state index in [2.05, 4.69) is 10.3 Å². The zero-order chi connectivity index (χ0) is 17.6. The van der Waals surface area contributed by atoms with Crippen LogP contribution in [0.2, 0.25) is 0 Å². The van der Waals surface area contributed by atoms with Crippen LogP contribution in [0, 0.1) is 6.92 Å². The maximum Gasteiger partial charge on any atom is 0.228 e. The Labute approximate surface area is 151 Å². The molecule has 0 saturated carbocycles. The number of hydrogen-bond acceptors (Lipinski definition) is 4. The second kappa shape index (κ2) is 7.94. The van der Waals surface area contributed by atoms with Crippen molar-refractivity contribution in [3.05, 3.63) is 64.5 Å². The summed E-state index contributed by atoms with van der Waals surface area (Å²) in [5.41, 5.74) is 3.76. The molecule has 1 aromatic heterocycles. The highest BCUT2D eigenvalue weighted by atomic mass is 32.1. The van der Waals surface area contributed by atoms with E-state index in [-0.39, 0.29) is 5.91 Å². The fourth-order valence-corrected chi connectivity index (χ4v) is 3.10. The first-order valence-corrected chi connectivity index (χ1v) is 9.06. The van der Waals surface area contributed by atoms with E-state index in [1.807, 2.05) is 67.8 Å². The first-order chi connectivity index (χ1) is 12.1. The van der Waals surface area contributed by atoms with Crippen molar-refractivity contribution in [1.82, 2.24) is 4.98 Å². The van der Waals surface area contributed by atoms with Crippen LogP contribution in [-0.2, 0) is 11.2 Å². The second-order valence-corrected chi connectivity index (χ2v) is 6.69. The summed E-state index contributed by atoms with van der Waals surface area (Å²) in [7, 11) is 0. The molecule has 0 aliphatic rings. The Kier molecular flexibility index (Phi) is 5.46. The number of nitrogens with one attached hydrogen (secondary N) is 1. The molecule has 0 aliphatic carbocycles. The van der Waals surface area contributed by atoms with Crippen LogP contribution >= 0.6 is 11.3 Å². The molecule has 0 radical (unpaired) electrons. The number of carbonyl (C=O) groups excluding carboxylic acids is 1. The molecule has 0 fully saturated rings. The van der Waals surface area contributed by atoms with Gasteiger partial charge in [-0.15, -0.1) is 11.3 Å². The van der Waals surface area contributed by atoms with Crippen LogP contribution in [0.1, 0.15) is 17.5 Å². The zero-order valence-electron chi connectivity index (χ0n) is 14.3. The predicted octanol–water partition coefficient (Wildman–Crippen LogP) is 4.70. The van der Waals surface area contributed by atoms with Crippen LogP contribution in [0.5, 0.6) is 5.75 Å². The van der Waals surface area contributed by atoms with Gasteiger partial charge in [-0.25, -0.2) is 4.98 Å². The lowest BCUT2D eigenvalue weighted by Gasteiger charge is -2.07. The first kappa shape index (κ1) is 17.2. The molecule has 128 valence electrons. The maximum atomic E-state index is 12.2. The van der Waals surface area contributed by atoms with Gasteiger partial charge < -0.3 is 10.1 Å². The molecule has 1 N–H and O–H groups in total. The Morgan fingerprint density at radius 2 is 1.84 bits per heavy atom. The predicted molar refractivity (Wildman–Crippen MR) is 102 cm³/mol. The van der Waals surface area contributed by atoms with E-state index in [0.29, 0.717) is 13.0 Å². The number of nitrogens with zero attached hydrogens (tertiary/aromatic N) is 1. The number of carbonyl (C=O) groups is 1. The summed E-state index contributed by atoms with van der Waals surface area (Å²) in [5.74, 6) is 0.779. The Balaban J connectivity index is 1.59. The monoisotopic (exact) mass is 352 g/mol. The van der Waals surface area contributed by atoms with E-state index in [1.165, 1.54) is 0 Å². The molecule has 0 unspecified atom stereocenters. The number of benzene rings is 2. The molecule has 4 nitrogen and oxygen atoms in total. The van der Waals surface area contributed by atoms with Crippen molar-refractivity contribution in [3.8, 4) is 17.0 Å². The van der Waals surface area contributed by atoms with Crippen molar-refractivity contribution in [2.24, 2.45) is 0 Å². The minimum atomic E-state index is -0.0404. The Morgan fingerprint density at radius 3 is 2.44 bits per heavy atom. The second-order valence-electron chi connectivity index (χ2n) is 5.63. The summed E-state index contributed by atoms with van der Waals surface area (Å²) >= 11 is 1.63. The summed E-state index contributed by atoms with van der Waals surface area (Å²) in [5, 5.41) is 6.01. The van der Waals surface area contributed by atoms with Crippen molar-refractivity contribution in [2.75, 3.05) is 11.9 Å². The smallest absolute Gasteiger partial charge is 0.228 e. The number of aryl methyl sites for hydroxylation is 1. The molecule has 0 atom stereocenters. The van der Waals surface area contributed by atoms with Gasteiger partial charge in [-0.3, -0.25) is 4.79 Å². The molecule has 0 aliphatic heterocycles. The van der Waals surface area contributed by atoms with Crippen LogP contribution in [0.25, 0.3) is 11.3 Å². The van der Waals surface area contributed by atoms with E-state index in [1.54, 1.807) is 11.3 Å². The number of aromatic nitrogens is 1. The first-order valence-electron chi connectivity index (χ1n) is 8.18. The number of hydrogen-bond donors (Lipinski definition) is 1. The van der Waals surface area contributed by atoms with Crippen molar-refractivity contribution >= 4 is 22.9 Å². The van der Waals surface area contributed by atoms with Gasteiger partial charge in [0.1, 0.15) is 5.75 Å². The zero-order valence-corrected chi connectivity index (χ0v) is 15.1. The number of amides is 1. The minimum Gasteiger partial charge on any atom is -0.494 e. The Bertz CT molecular complexity index is 839. The van der Waals surface area contributed by atoms with E-state index in [4.69, 9.17) is 4.74 Å². The van der Waals surface area contributed by atoms with Crippen molar-refractivity contribution in [1.29, 1.82) is 0 Å². The highest BCUT2D eigenvalue weighted by molar-refractivity contribution is 7.09. The minimum absolute atomic E-state index is 0.0404. The lowest BCUT2D eigenvalue weighted by atomic mass is 10.1. The van der Waals surface area contributed by atoms with E-state index in [9.17, 15) is 4.79 Å². The fraction of sp³-hybridized carbons (Fsp3) is 0.200. The molecule has 5 heteroatoms. The molecule has 0 spiro atoms. The van der Waals surface area contributed by atoms with Crippen LogP contribution in [0.15, 0.2) is 53.9 Å². The number of thiazole rings is 1. The average molecular weight is 352 g/mol. The van der Waals surface area contributed by atoms with E-state index in [0.717, 1.165) is 33.3 Å². The lowest BCUT2D eigenvalue weighted by molar-refractivity contribution is -0.115. The summed E-state index contributed by atoms with van der Waals surface area (Å²) in [6.07, 6.45) is 0.333. The highest BCUT2D eigenvalue weighted by Gasteiger charge is 2.06. The molecular weight excluding hydrogens is 332 g/mol. The van der Waals surface area contributed by atoms with E-state index >= 15 is 0 Å². The molecule has 3 aromatic rings. The highest BCUT2D eigenvalue weighted by Crippen LogP contribution is 2.23. The third-order valence-electron chi connectivity index (χ3n) is 3.68. The van der Waals surface area contributed by atoms with Crippen molar-refractivity contribution in [3.63, 3.8) is 0 Å². The van der Waals surface area contributed by atoms with Crippen molar-refractivity contribution < 1.29 is 9.53 Å². The van der Waals surface area contributed by atoms with Gasteiger partial charge in [-0.05, 0) is 43.7 Å². The van der Waals surface area contributed by atoms with Crippen LogP contribution in [-0.4, -0.2) is 17.5 Å². The summed E-state index contributed by atoms with van der Waals surface area (Å²) in [6, 6.07) is 15.4. The standard InChI is InChI=1S/C20H20N2O2S/c1-3-24-18-10-4-15(5-11-18)12-20(23)22-17-8-6-16(7-9-17)19-13-25-14(2)21-19/h4-11,13H,3,12H2,1-2H3,(H,22,23). The molecule has 0 bridgehead atoms. The number of ether oxygens (including phenoxy) is 1. The third kappa shape index (κ3) is 4.67. The number of rotatable bonds is 6. The van der Waals surface area contributed by atoms with Crippen LogP contribution in [0.4, 0.5) is 5.69 Å². The summed E-state index contributed by atoms with van der Waals surface area (Å²) in [4.78, 5) is 16.7. The van der Waals surface area contributed by atoms with Gasteiger partial charge in [0.2, 0.25) is 5.91 Å². The molecule has 1 heterocycles. The molecule has 1 amide bonds. The van der Waals surface area contributed by atoms with Crippen LogP contribution in [0.3, 0.4) is 0 Å². The summed E-state index contributed by atoms with van der Waals surface area (Å²) < 4.78 is 5.41. The fourth-order valence-electron chi connectivity index (χ4n) is 2.48. The van der Waals surface area contributed by atoms with Gasteiger partial charge in [-0.2, -0.15) is 0 Å². The van der Waals surface area contributed by atoms with E-state index < -0.39 is 0 Å². The molecular formula is C20H20N2O2S. The number of anilines is 1. The molecule has 0 saturated heterocycles.